The Kier molecular flexibility index (Phi) is 4.15. The second-order valence-electron chi connectivity index (χ2n) is 3.98. The molecule has 0 spiro atoms. The van der Waals surface area contributed by atoms with E-state index in [9.17, 15) is 4.39 Å². The lowest BCUT2D eigenvalue weighted by atomic mass is 10.0. The molecule has 0 fully saturated rings. The number of rotatable bonds is 4. The lowest BCUT2D eigenvalue weighted by molar-refractivity contribution is 0.587. The van der Waals surface area contributed by atoms with E-state index >= 15 is 0 Å². The molecule has 1 aromatic heterocycles. The average Bonchev–Trinajstić information content (AvgIpc) is 2.39. The summed E-state index contributed by atoms with van der Waals surface area (Å²) in [5.74, 6) is -0.211. The third-order valence-corrected chi connectivity index (χ3v) is 3.12. The van der Waals surface area contributed by atoms with E-state index in [2.05, 4.69) is 10.3 Å². The molecule has 0 aliphatic carbocycles. The Morgan fingerprint density at radius 3 is 2.78 bits per heavy atom. The second kappa shape index (κ2) is 5.83. The molecule has 0 aliphatic heterocycles. The first-order valence-electron chi connectivity index (χ1n) is 5.83. The van der Waals surface area contributed by atoms with Crippen LogP contribution >= 0.6 is 11.6 Å². The normalized spacial score (nSPS) is 12.2. The molecule has 18 heavy (non-hydrogen) atoms. The van der Waals surface area contributed by atoms with Gasteiger partial charge in [0.15, 0.2) is 0 Å². The molecule has 0 radical (unpaired) electrons. The fourth-order valence-corrected chi connectivity index (χ4v) is 1.99. The Balaban J connectivity index is 2.26. The van der Waals surface area contributed by atoms with E-state index in [-0.39, 0.29) is 11.9 Å². The van der Waals surface area contributed by atoms with E-state index in [0.717, 1.165) is 6.42 Å². The van der Waals surface area contributed by atoms with E-state index < -0.39 is 0 Å². The van der Waals surface area contributed by atoms with Gasteiger partial charge >= 0.3 is 0 Å². The van der Waals surface area contributed by atoms with Gasteiger partial charge in [0.05, 0.1) is 22.9 Å². The summed E-state index contributed by atoms with van der Waals surface area (Å²) in [7, 11) is 0. The SMILES string of the molecule is CCC(Nc1cnccc1Cl)c1ccccc1F. The molecule has 2 aromatic rings. The summed E-state index contributed by atoms with van der Waals surface area (Å²) < 4.78 is 13.7. The number of anilines is 1. The first-order valence-corrected chi connectivity index (χ1v) is 6.20. The molecule has 0 saturated heterocycles. The third kappa shape index (κ3) is 2.79. The molecule has 0 amide bonds. The van der Waals surface area contributed by atoms with Crippen LogP contribution in [0.2, 0.25) is 5.02 Å². The van der Waals surface area contributed by atoms with Crippen LogP contribution in [-0.2, 0) is 0 Å². The van der Waals surface area contributed by atoms with Crippen molar-refractivity contribution in [3.05, 3.63) is 59.1 Å². The van der Waals surface area contributed by atoms with Crippen LogP contribution in [0, 0.1) is 5.82 Å². The van der Waals surface area contributed by atoms with E-state index in [1.807, 2.05) is 13.0 Å². The minimum atomic E-state index is -0.211. The predicted molar refractivity (Wildman–Crippen MR) is 72.3 cm³/mol. The number of nitrogens with one attached hydrogen (secondary N) is 1. The van der Waals surface area contributed by atoms with Crippen molar-refractivity contribution >= 4 is 17.3 Å². The summed E-state index contributed by atoms with van der Waals surface area (Å²) in [4.78, 5) is 4.01. The maximum absolute atomic E-state index is 13.7. The highest BCUT2D eigenvalue weighted by atomic mass is 35.5. The minimum absolute atomic E-state index is 0.118. The van der Waals surface area contributed by atoms with Crippen molar-refractivity contribution in [3.63, 3.8) is 0 Å². The van der Waals surface area contributed by atoms with E-state index in [1.54, 1.807) is 30.6 Å². The van der Waals surface area contributed by atoms with Crippen molar-refractivity contribution in [3.8, 4) is 0 Å². The highest BCUT2D eigenvalue weighted by Gasteiger charge is 2.14. The van der Waals surface area contributed by atoms with Crippen LogP contribution in [0.3, 0.4) is 0 Å². The quantitative estimate of drug-likeness (QED) is 0.883. The minimum Gasteiger partial charge on any atom is -0.376 e. The fourth-order valence-electron chi connectivity index (χ4n) is 1.83. The van der Waals surface area contributed by atoms with Gasteiger partial charge < -0.3 is 5.32 Å². The van der Waals surface area contributed by atoms with Gasteiger partial charge in [-0.05, 0) is 18.6 Å². The Morgan fingerprint density at radius 2 is 2.11 bits per heavy atom. The van der Waals surface area contributed by atoms with Gasteiger partial charge in [-0.1, -0.05) is 36.7 Å². The number of benzene rings is 1. The summed E-state index contributed by atoms with van der Waals surface area (Å²) in [5.41, 5.74) is 1.36. The highest BCUT2D eigenvalue weighted by molar-refractivity contribution is 6.33. The highest BCUT2D eigenvalue weighted by Crippen LogP contribution is 2.28. The van der Waals surface area contributed by atoms with Gasteiger partial charge in [0.2, 0.25) is 0 Å². The van der Waals surface area contributed by atoms with Gasteiger partial charge in [0.1, 0.15) is 5.82 Å². The van der Waals surface area contributed by atoms with E-state index in [0.29, 0.717) is 16.3 Å². The van der Waals surface area contributed by atoms with Crippen molar-refractivity contribution < 1.29 is 4.39 Å². The van der Waals surface area contributed by atoms with Crippen LogP contribution in [0.25, 0.3) is 0 Å². The smallest absolute Gasteiger partial charge is 0.128 e. The number of hydrogen-bond acceptors (Lipinski definition) is 2. The van der Waals surface area contributed by atoms with Crippen molar-refractivity contribution in [1.29, 1.82) is 0 Å². The molecular formula is C14H14ClFN2. The molecule has 0 saturated carbocycles. The predicted octanol–water partition coefficient (Wildman–Crippen LogP) is 4.44. The topological polar surface area (TPSA) is 24.9 Å². The van der Waals surface area contributed by atoms with E-state index in [1.165, 1.54) is 6.07 Å². The maximum Gasteiger partial charge on any atom is 0.128 e. The number of hydrogen-bond donors (Lipinski definition) is 1. The van der Waals surface area contributed by atoms with Crippen LogP contribution in [0.15, 0.2) is 42.7 Å². The van der Waals surface area contributed by atoms with Crippen LogP contribution in [0.5, 0.6) is 0 Å². The van der Waals surface area contributed by atoms with Gasteiger partial charge in [0.25, 0.3) is 0 Å². The maximum atomic E-state index is 13.7. The summed E-state index contributed by atoms with van der Waals surface area (Å²) >= 11 is 6.06. The summed E-state index contributed by atoms with van der Waals surface area (Å²) in [6.45, 7) is 1.99. The van der Waals surface area contributed by atoms with Crippen LogP contribution in [-0.4, -0.2) is 4.98 Å². The van der Waals surface area contributed by atoms with Crippen LogP contribution in [0.1, 0.15) is 24.9 Å². The Labute approximate surface area is 111 Å². The molecule has 4 heteroatoms. The Morgan fingerprint density at radius 1 is 1.33 bits per heavy atom. The summed E-state index contributed by atoms with van der Waals surface area (Å²) in [6.07, 6.45) is 4.02. The zero-order valence-corrected chi connectivity index (χ0v) is 10.8. The standard InChI is InChI=1S/C14H14ClFN2/c1-2-13(10-5-3-4-6-12(10)16)18-14-9-17-8-7-11(14)15/h3-9,13,18H,2H2,1H3. The second-order valence-corrected chi connectivity index (χ2v) is 4.39. The zero-order chi connectivity index (χ0) is 13.0. The molecule has 2 nitrogen and oxygen atoms in total. The van der Waals surface area contributed by atoms with Crippen molar-refractivity contribution in [2.45, 2.75) is 19.4 Å². The van der Waals surface area contributed by atoms with Gasteiger partial charge in [-0.25, -0.2) is 4.39 Å². The number of aromatic nitrogens is 1. The van der Waals surface area contributed by atoms with Gasteiger partial charge in [-0.3, -0.25) is 4.98 Å². The zero-order valence-electron chi connectivity index (χ0n) is 10.0. The van der Waals surface area contributed by atoms with E-state index in [4.69, 9.17) is 11.6 Å². The van der Waals surface area contributed by atoms with Gasteiger partial charge in [-0.2, -0.15) is 0 Å². The fraction of sp³-hybridized carbons (Fsp3) is 0.214. The van der Waals surface area contributed by atoms with Crippen molar-refractivity contribution in [2.75, 3.05) is 5.32 Å². The molecule has 94 valence electrons. The molecule has 1 heterocycles. The summed E-state index contributed by atoms with van der Waals surface area (Å²) in [5, 5.41) is 3.80. The van der Waals surface area contributed by atoms with Gasteiger partial charge in [-0.15, -0.1) is 0 Å². The molecular weight excluding hydrogens is 251 g/mol. The Hall–Kier alpha value is -1.61. The average molecular weight is 265 g/mol. The molecule has 1 atom stereocenters. The van der Waals surface area contributed by atoms with Crippen molar-refractivity contribution in [1.82, 2.24) is 4.98 Å². The molecule has 1 aromatic carbocycles. The molecule has 1 N–H and O–H groups in total. The molecule has 2 rings (SSSR count). The first-order chi connectivity index (χ1) is 8.72. The Bertz CT molecular complexity index is 531. The van der Waals surface area contributed by atoms with Crippen molar-refractivity contribution in [2.24, 2.45) is 0 Å². The lowest BCUT2D eigenvalue weighted by Gasteiger charge is -2.19. The molecule has 0 aliphatic rings. The van der Waals surface area contributed by atoms with Crippen LogP contribution in [0.4, 0.5) is 10.1 Å². The number of nitrogens with zero attached hydrogens (tertiary/aromatic N) is 1. The monoisotopic (exact) mass is 264 g/mol. The van der Waals surface area contributed by atoms with Gasteiger partial charge in [0, 0.05) is 11.8 Å². The largest absolute Gasteiger partial charge is 0.376 e. The first kappa shape index (κ1) is 12.8. The number of pyridine rings is 1. The lowest BCUT2D eigenvalue weighted by Crippen LogP contribution is -2.11. The molecule has 0 bridgehead atoms. The number of halogens is 2. The summed E-state index contributed by atoms with van der Waals surface area (Å²) in [6, 6.07) is 8.34. The molecule has 1 unspecified atom stereocenters. The third-order valence-electron chi connectivity index (χ3n) is 2.79. The van der Waals surface area contributed by atoms with Crippen LogP contribution < -0.4 is 5.32 Å².